The second-order valence-corrected chi connectivity index (χ2v) is 9.73. The molecule has 1 fully saturated rings. The SMILES string of the molecule is Cc1ccccc1CNC(=O)C(=O)NC[C@@H]1CCCN1S(=O)(=O)c1cccs1. The Morgan fingerprint density at radius 2 is 1.89 bits per heavy atom. The van der Waals surface area contributed by atoms with E-state index in [9.17, 15) is 18.0 Å². The number of thiophene rings is 1. The number of sulfonamides is 1. The van der Waals surface area contributed by atoms with E-state index in [0.717, 1.165) is 17.5 Å². The molecule has 0 radical (unpaired) electrons. The molecule has 150 valence electrons. The molecule has 0 saturated carbocycles. The van der Waals surface area contributed by atoms with Crippen LogP contribution in [-0.2, 0) is 26.2 Å². The molecule has 1 aliphatic rings. The lowest BCUT2D eigenvalue weighted by molar-refractivity contribution is -0.139. The number of carbonyl (C=O) groups excluding carboxylic acids is 2. The molecule has 0 spiro atoms. The molecule has 7 nitrogen and oxygen atoms in total. The maximum Gasteiger partial charge on any atom is 0.309 e. The molecule has 2 heterocycles. The van der Waals surface area contributed by atoms with Gasteiger partial charge >= 0.3 is 11.8 Å². The van der Waals surface area contributed by atoms with Gasteiger partial charge in [-0.1, -0.05) is 30.3 Å². The normalized spacial score (nSPS) is 17.4. The molecule has 2 amide bonds. The molecule has 0 aliphatic carbocycles. The predicted octanol–water partition coefficient (Wildman–Crippen LogP) is 1.64. The summed E-state index contributed by atoms with van der Waals surface area (Å²) in [5.74, 6) is -1.48. The topological polar surface area (TPSA) is 95.6 Å². The van der Waals surface area contributed by atoms with Gasteiger partial charge in [-0.25, -0.2) is 8.42 Å². The highest BCUT2D eigenvalue weighted by Crippen LogP contribution is 2.28. The van der Waals surface area contributed by atoms with Crippen molar-refractivity contribution in [1.82, 2.24) is 14.9 Å². The van der Waals surface area contributed by atoms with Gasteiger partial charge in [-0.3, -0.25) is 9.59 Å². The van der Waals surface area contributed by atoms with E-state index in [-0.39, 0.29) is 19.1 Å². The fourth-order valence-electron chi connectivity index (χ4n) is 3.21. The third-order valence-electron chi connectivity index (χ3n) is 4.79. The van der Waals surface area contributed by atoms with Crippen molar-refractivity contribution in [1.29, 1.82) is 0 Å². The second-order valence-electron chi connectivity index (χ2n) is 6.66. The number of hydrogen-bond acceptors (Lipinski definition) is 5. The largest absolute Gasteiger partial charge is 0.346 e. The van der Waals surface area contributed by atoms with E-state index in [1.54, 1.807) is 17.5 Å². The fraction of sp³-hybridized carbons (Fsp3) is 0.368. The molecular formula is C19H23N3O4S2. The smallest absolute Gasteiger partial charge is 0.309 e. The van der Waals surface area contributed by atoms with Gasteiger partial charge in [0.1, 0.15) is 4.21 Å². The first kappa shape index (κ1) is 20.5. The predicted molar refractivity (Wildman–Crippen MR) is 107 cm³/mol. The summed E-state index contributed by atoms with van der Waals surface area (Å²) in [6.07, 6.45) is 1.38. The van der Waals surface area contributed by atoms with Crippen LogP contribution >= 0.6 is 11.3 Å². The highest BCUT2D eigenvalue weighted by atomic mass is 32.2. The third kappa shape index (κ3) is 4.60. The van der Waals surface area contributed by atoms with Crippen molar-refractivity contribution in [2.75, 3.05) is 13.1 Å². The summed E-state index contributed by atoms with van der Waals surface area (Å²) in [7, 11) is -3.56. The lowest BCUT2D eigenvalue weighted by atomic mass is 10.1. The summed E-state index contributed by atoms with van der Waals surface area (Å²) in [5.41, 5.74) is 1.97. The lowest BCUT2D eigenvalue weighted by Crippen LogP contribution is -2.46. The molecule has 1 aromatic carbocycles. The van der Waals surface area contributed by atoms with Gasteiger partial charge in [0.2, 0.25) is 0 Å². The Balaban J connectivity index is 1.53. The molecule has 28 heavy (non-hydrogen) atoms. The van der Waals surface area contributed by atoms with Crippen LogP contribution in [0.25, 0.3) is 0 Å². The first-order valence-electron chi connectivity index (χ1n) is 9.05. The van der Waals surface area contributed by atoms with Crippen molar-refractivity contribution in [3.05, 3.63) is 52.9 Å². The van der Waals surface area contributed by atoms with Crippen LogP contribution in [0.2, 0.25) is 0 Å². The van der Waals surface area contributed by atoms with Crippen LogP contribution in [0.4, 0.5) is 0 Å². The Labute approximate surface area is 168 Å². The summed E-state index contributed by atoms with van der Waals surface area (Å²) in [6.45, 7) is 2.73. The number of benzene rings is 1. The Hall–Kier alpha value is -2.23. The van der Waals surface area contributed by atoms with Crippen molar-refractivity contribution in [3.8, 4) is 0 Å². The van der Waals surface area contributed by atoms with Crippen LogP contribution in [0.5, 0.6) is 0 Å². The molecule has 9 heteroatoms. The maximum atomic E-state index is 12.7. The average Bonchev–Trinajstić information content (AvgIpc) is 3.37. The van der Waals surface area contributed by atoms with E-state index >= 15 is 0 Å². The van der Waals surface area contributed by atoms with Crippen LogP contribution in [0.15, 0.2) is 46.0 Å². The molecule has 0 unspecified atom stereocenters. The number of aryl methyl sites for hydroxylation is 1. The van der Waals surface area contributed by atoms with Gasteiger partial charge in [-0.05, 0) is 42.3 Å². The van der Waals surface area contributed by atoms with Gasteiger partial charge in [0.15, 0.2) is 0 Å². The fourth-order valence-corrected chi connectivity index (χ4v) is 6.02. The van der Waals surface area contributed by atoms with Crippen LogP contribution in [0, 0.1) is 6.92 Å². The van der Waals surface area contributed by atoms with Gasteiger partial charge in [-0.15, -0.1) is 11.3 Å². The number of carbonyl (C=O) groups is 2. The Morgan fingerprint density at radius 3 is 2.61 bits per heavy atom. The first-order chi connectivity index (χ1) is 13.4. The zero-order chi connectivity index (χ0) is 20.1. The van der Waals surface area contributed by atoms with Crippen molar-refractivity contribution >= 4 is 33.2 Å². The molecule has 1 atom stereocenters. The maximum absolute atomic E-state index is 12.7. The average molecular weight is 422 g/mol. The molecule has 2 N–H and O–H groups in total. The van der Waals surface area contributed by atoms with E-state index in [0.29, 0.717) is 17.2 Å². The van der Waals surface area contributed by atoms with E-state index < -0.39 is 21.8 Å². The standard InChI is InChI=1S/C19H23N3O4S2/c1-14-6-2-3-7-15(14)12-20-18(23)19(24)21-13-16-8-4-10-22(16)28(25,26)17-9-5-11-27-17/h2-3,5-7,9,11,16H,4,8,10,12-13H2,1H3,(H,20,23)(H,21,24)/t16-/m0/s1. The van der Waals surface area contributed by atoms with E-state index in [1.165, 1.54) is 15.6 Å². The van der Waals surface area contributed by atoms with E-state index in [1.807, 2.05) is 31.2 Å². The molecule has 1 aliphatic heterocycles. The van der Waals surface area contributed by atoms with E-state index in [2.05, 4.69) is 10.6 Å². The molecule has 1 saturated heterocycles. The minimum atomic E-state index is -3.56. The van der Waals surface area contributed by atoms with Crippen molar-refractivity contribution < 1.29 is 18.0 Å². The zero-order valence-electron chi connectivity index (χ0n) is 15.6. The summed E-state index contributed by atoms with van der Waals surface area (Å²) < 4.78 is 27.2. The number of nitrogens with one attached hydrogen (secondary N) is 2. The lowest BCUT2D eigenvalue weighted by Gasteiger charge is -2.23. The van der Waals surface area contributed by atoms with Crippen molar-refractivity contribution in [3.63, 3.8) is 0 Å². The van der Waals surface area contributed by atoms with Gasteiger partial charge in [0.05, 0.1) is 0 Å². The number of amides is 2. The molecule has 0 bridgehead atoms. The van der Waals surface area contributed by atoms with Crippen LogP contribution in [0.1, 0.15) is 24.0 Å². The minimum absolute atomic E-state index is 0.112. The summed E-state index contributed by atoms with van der Waals surface area (Å²) in [5, 5.41) is 6.89. The first-order valence-corrected chi connectivity index (χ1v) is 11.4. The molecule has 2 aromatic rings. The van der Waals surface area contributed by atoms with Gasteiger partial charge in [0, 0.05) is 25.7 Å². The summed E-state index contributed by atoms with van der Waals surface area (Å²) in [6, 6.07) is 10.5. The number of rotatable bonds is 6. The second kappa shape index (κ2) is 8.85. The van der Waals surface area contributed by atoms with Crippen LogP contribution in [-0.4, -0.2) is 43.7 Å². The number of nitrogens with zero attached hydrogens (tertiary/aromatic N) is 1. The highest BCUT2D eigenvalue weighted by molar-refractivity contribution is 7.91. The number of hydrogen-bond donors (Lipinski definition) is 2. The van der Waals surface area contributed by atoms with Gasteiger partial charge in [-0.2, -0.15) is 4.31 Å². The minimum Gasteiger partial charge on any atom is -0.346 e. The van der Waals surface area contributed by atoms with E-state index in [4.69, 9.17) is 0 Å². The Morgan fingerprint density at radius 1 is 1.14 bits per heavy atom. The van der Waals surface area contributed by atoms with Gasteiger partial charge < -0.3 is 10.6 Å². The summed E-state index contributed by atoms with van der Waals surface area (Å²) in [4.78, 5) is 24.1. The highest BCUT2D eigenvalue weighted by Gasteiger charge is 2.36. The third-order valence-corrected chi connectivity index (χ3v) is 8.11. The van der Waals surface area contributed by atoms with Gasteiger partial charge in [0.25, 0.3) is 10.0 Å². The molecular weight excluding hydrogens is 398 g/mol. The van der Waals surface area contributed by atoms with Crippen molar-refractivity contribution in [2.24, 2.45) is 0 Å². The zero-order valence-corrected chi connectivity index (χ0v) is 17.2. The molecule has 3 rings (SSSR count). The Bertz CT molecular complexity index is 942. The van der Waals surface area contributed by atoms with Crippen molar-refractivity contribution in [2.45, 2.75) is 36.6 Å². The van der Waals surface area contributed by atoms with Crippen LogP contribution in [0.3, 0.4) is 0 Å². The Kier molecular flexibility index (Phi) is 6.48. The molecule has 1 aromatic heterocycles. The monoisotopic (exact) mass is 421 g/mol. The summed E-state index contributed by atoms with van der Waals surface area (Å²) >= 11 is 1.17. The van der Waals surface area contributed by atoms with Crippen LogP contribution < -0.4 is 10.6 Å². The quantitative estimate of drug-likeness (QED) is 0.693.